The van der Waals surface area contributed by atoms with E-state index in [1.54, 1.807) is 0 Å². The minimum atomic E-state index is 1.12. The first-order valence-corrected chi connectivity index (χ1v) is 5.26. The van der Waals surface area contributed by atoms with E-state index in [4.69, 9.17) is 0 Å². The Bertz CT molecular complexity index is 341. The first-order chi connectivity index (χ1) is 6.54. The van der Waals surface area contributed by atoms with Crippen LogP contribution in [0.2, 0.25) is 0 Å². The van der Waals surface area contributed by atoms with E-state index in [-0.39, 0.29) is 0 Å². The first kappa shape index (κ1) is 11.0. The monoisotopic (exact) mass is 188 g/mol. The number of hydrogen-bond donors (Lipinski definition) is 0. The molecule has 0 atom stereocenters. The van der Waals surface area contributed by atoms with Crippen LogP contribution >= 0.6 is 0 Å². The van der Waals surface area contributed by atoms with Gasteiger partial charge in [-0.05, 0) is 67.5 Å². The number of hydrogen-bond acceptors (Lipinski definition) is 0. The van der Waals surface area contributed by atoms with Gasteiger partial charge in [0.1, 0.15) is 0 Å². The predicted molar refractivity (Wildman–Crippen MR) is 64.9 cm³/mol. The van der Waals surface area contributed by atoms with Gasteiger partial charge in [-0.1, -0.05) is 19.6 Å². The number of benzene rings is 1. The van der Waals surface area contributed by atoms with Crippen molar-refractivity contribution in [1.29, 1.82) is 0 Å². The fourth-order valence-corrected chi connectivity index (χ4v) is 2.26. The molecule has 0 saturated carbocycles. The van der Waals surface area contributed by atoms with Crippen molar-refractivity contribution in [3.63, 3.8) is 0 Å². The third kappa shape index (κ3) is 1.50. The molecule has 76 valence electrons. The van der Waals surface area contributed by atoms with Crippen LogP contribution in [-0.4, -0.2) is 0 Å². The van der Waals surface area contributed by atoms with Gasteiger partial charge in [-0.25, -0.2) is 0 Å². The minimum absolute atomic E-state index is 1.12. The second-order valence-electron chi connectivity index (χ2n) is 3.95. The van der Waals surface area contributed by atoms with Crippen LogP contribution < -0.4 is 0 Å². The van der Waals surface area contributed by atoms with Crippen LogP contribution in [0, 0.1) is 27.7 Å². The standard InChI is InChI=1S/C14H20/c1-7-13-9(3)11(5)14(8-2)12(6)10(13)4/h7H,1,8H2,2-6H3. The minimum Gasteiger partial charge on any atom is -0.0984 e. The second-order valence-corrected chi connectivity index (χ2v) is 3.95. The Hall–Kier alpha value is -1.04. The van der Waals surface area contributed by atoms with Crippen LogP contribution in [0.15, 0.2) is 6.58 Å². The summed E-state index contributed by atoms with van der Waals surface area (Å²) < 4.78 is 0. The van der Waals surface area contributed by atoms with Gasteiger partial charge in [0.05, 0.1) is 0 Å². The Morgan fingerprint density at radius 2 is 1.36 bits per heavy atom. The highest BCUT2D eigenvalue weighted by molar-refractivity contribution is 5.62. The summed E-state index contributed by atoms with van der Waals surface area (Å²) in [5.74, 6) is 0. The lowest BCUT2D eigenvalue weighted by Crippen LogP contribution is -2.01. The van der Waals surface area contributed by atoms with Gasteiger partial charge in [-0.2, -0.15) is 0 Å². The molecular weight excluding hydrogens is 168 g/mol. The van der Waals surface area contributed by atoms with Crippen molar-refractivity contribution in [1.82, 2.24) is 0 Å². The molecule has 1 aromatic carbocycles. The molecule has 0 aliphatic heterocycles. The maximum Gasteiger partial charge on any atom is -0.0198 e. The molecular formula is C14H20. The molecule has 1 aromatic rings. The molecule has 14 heavy (non-hydrogen) atoms. The van der Waals surface area contributed by atoms with Crippen LogP contribution in [0.4, 0.5) is 0 Å². The van der Waals surface area contributed by atoms with Gasteiger partial charge in [0.2, 0.25) is 0 Å². The fourth-order valence-electron chi connectivity index (χ4n) is 2.26. The molecule has 0 aliphatic rings. The van der Waals surface area contributed by atoms with E-state index in [0.717, 1.165) is 6.42 Å². The average molecular weight is 188 g/mol. The van der Waals surface area contributed by atoms with Gasteiger partial charge in [-0.3, -0.25) is 0 Å². The van der Waals surface area contributed by atoms with E-state index < -0.39 is 0 Å². The molecule has 0 heteroatoms. The SMILES string of the molecule is C=Cc1c(C)c(C)c(CC)c(C)c1C. The summed E-state index contributed by atoms with van der Waals surface area (Å²) in [5, 5.41) is 0. The summed E-state index contributed by atoms with van der Waals surface area (Å²) in [6.07, 6.45) is 3.10. The molecule has 0 aromatic heterocycles. The molecule has 0 aliphatic carbocycles. The van der Waals surface area contributed by atoms with Crippen molar-refractivity contribution in [2.24, 2.45) is 0 Å². The van der Waals surface area contributed by atoms with E-state index >= 15 is 0 Å². The number of rotatable bonds is 2. The van der Waals surface area contributed by atoms with Crippen molar-refractivity contribution in [2.75, 3.05) is 0 Å². The molecule has 0 fully saturated rings. The predicted octanol–water partition coefficient (Wildman–Crippen LogP) is 4.13. The van der Waals surface area contributed by atoms with E-state index in [1.807, 2.05) is 6.08 Å². The molecule has 0 radical (unpaired) electrons. The van der Waals surface area contributed by atoms with Crippen molar-refractivity contribution in [3.8, 4) is 0 Å². The second kappa shape index (κ2) is 4.00. The highest BCUT2D eigenvalue weighted by atomic mass is 14.2. The van der Waals surface area contributed by atoms with Crippen molar-refractivity contribution in [2.45, 2.75) is 41.0 Å². The average Bonchev–Trinajstić information content (AvgIpc) is 2.17. The zero-order chi connectivity index (χ0) is 10.9. The summed E-state index contributed by atoms with van der Waals surface area (Å²) in [4.78, 5) is 0. The molecule has 0 saturated heterocycles. The maximum atomic E-state index is 3.89. The van der Waals surface area contributed by atoms with Crippen LogP contribution in [0.3, 0.4) is 0 Å². The van der Waals surface area contributed by atoms with Gasteiger partial charge in [0, 0.05) is 0 Å². The first-order valence-electron chi connectivity index (χ1n) is 5.26. The molecule has 0 amide bonds. The van der Waals surface area contributed by atoms with Gasteiger partial charge in [0.25, 0.3) is 0 Å². The summed E-state index contributed by atoms with van der Waals surface area (Å²) >= 11 is 0. The summed E-state index contributed by atoms with van der Waals surface area (Å²) in [5.41, 5.74) is 8.47. The van der Waals surface area contributed by atoms with E-state index in [2.05, 4.69) is 41.2 Å². The van der Waals surface area contributed by atoms with E-state index in [9.17, 15) is 0 Å². The Morgan fingerprint density at radius 3 is 1.64 bits per heavy atom. The summed E-state index contributed by atoms with van der Waals surface area (Å²) in [6.45, 7) is 14.9. The summed E-state index contributed by atoms with van der Waals surface area (Å²) in [7, 11) is 0. The van der Waals surface area contributed by atoms with Crippen LogP contribution in [0.5, 0.6) is 0 Å². The molecule has 0 nitrogen and oxygen atoms in total. The largest absolute Gasteiger partial charge is 0.0984 e. The topological polar surface area (TPSA) is 0 Å². The fraction of sp³-hybridized carbons (Fsp3) is 0.429. The highest BCUT2D eigenvalue weighted by Crippen LogP contribution is 2.27. The molecule has 0 spiro atoms. The molecule has 0 unspecified atom stereocenters. The van der Waals surface area contributed by atoms with E-state index in [1.165, 1.54) is 33.4 Å². The normalized spacial score (nSPS) is 10.4. The van der Waals surface area contributed by atoms with Gasteiger partial charge in [0.15, 0.2) is 0 Å². The Balaban J connectivity index is 3.63. The molecule has 1 rings (SSSR count). The maximum absolute atomic E-state index is 3.89. The van der Waals surface area contributed by atoms with Crippen molar-refractivity contribution in [3.05, 3.63) is 40.0 Å². The lowest BCUT2D eigenvalue weighted by molar-refractivity contribution is 1.05. The Morgan fingerprint density at radius 1 is 0.929 bits per heavy atom. The molecule has 0 bridgehead atoms. The zero-order valence-electron chi connectivity index (χ0n) is 9.99. The van der Waals surface area contributed by atoms with Gasteiger partial charge < -0.3 is 0 Å². The van der Waals surface area contributed by atoms with Crippen LogP contribution in [-0.2, 0) is 6.42 Å². The molecule has 0 heterocycles. The van der Waals surface area contributed by atoms with Gasteiger partial charge >= 0.3 is 0 Å². The van der Waals surface area contributed by atoms with Crippen molar-refractivity contribution >= 4 is 6.08 Å². The lowest BCUT2D eigenvalue weighted by atomic mass is 9.88. The highest BCUT2D eigenvalue weighted by Gasteiger charge is 2.10. The third-order valence-corrected chi connectivity index (χ3v) is 3.40. The van der Waals surface area contributed by atoms with Crippen molar-refractivity contribution < 1.29 is 0 Å². The Kier molecular flexibility index (Phi) is 3.15. The summed E-state index contributed by atoms with van der Waals surface area (Å²) in [6, 6.07) is 0. The lowest BCUT2D eigenvalue weighted by Gasteiger charge is -2.17. The zero-order valence-corrected chi connectivity index (χ0v) is 9.99. The van der Waals surface area contributed by atoms with Crippen LogP contribution in [0.1, 0.15) is 40.3 Å². The quantitative estimate of drug-likeness (QED) is 0.654. The smallest absolute Gasteiger partial charge is 0.0198 e. The van der Waals surface area contributed by atoms with Crippen LogP contribution in [0.25, 0.3) is 6.08 Å². The van der Waals surface area contributed by atoms with E-state index in [0.29, 0.717) is 0 Å². The Labute approximate surface area is 87.7 Å². The molecule has 0 N–H and O–H groups in total. The third-order valence-electron chi connectivity index (χ3n) is 3.40. The van der Waals surface area contributed by atoms with Gasteiger partial charge in [-0.15, -0.1) is 0 Å².